The maximum atomic E-state index is 12.5. The zero-order valence-corrected chi connectivity index (χ0v) is 15.8. The molecule has 0 bridgehead atoms. The molecule has 0 unspecified atom stereocenters. The first-order valence-corrected chi connectivity index (χ1v) is 8.38. The molecular weight excluding hydrogens is 373 g/mol. The Labute approximate surface area is 158 Å². The lowest BCUT2D eigenvalue weighted by Gasteiger charge is -2.24. The molecule has 1 fully saturated rings. The summed E-state index contributed by atoms with van der Waals surface area (Å²) in [5.74, 6) is -0.130. The van der Waals surface area contributed by atoms with Gasteiger partial charge in [-0.15, -0.1) is 12.4 Å². The molecule has 0 heterocycles. The fourth-order valence-electron chi connectivity index (χ4n) is 2.99. The summed E-state index contributed by atoms with van der Waals surface area (Å²) in [5, 5.41) is 3.50. The van der Waals surface area contributed by atoms with E-state index >= 15 is 0 Å². The van der Waals surface area contributed by atoms with E-state index in [1.807, 2.05) is 0 Å². The maximum absolute atomic E-state index is 12.5. The van der Waals surface area contributed by atoms with Crippen LogP contribution in [0.5, 0.6) is 0 Å². The summed E-state index contributed by atoms with van der Waals surface area (Å²) in [7, 11) is 1.64. The first-order valence-electron chi connectivity index (χ1n) is 7.62. The van der Waals surface area contributed by atoms with Crippen LogP contribution < -0.4 is 11.1 Å². The Kier molecular flexibility index (Phi) is 8.30. The van der Waals surface area contributed by atoms with Gasteiger partial charge in [-0.25, -0.2) is 0 Å². The number of rotatable bonds is 5. The normalized spacial score (nSPS) is 19.5. The Morgan fingerprint density at radius 1 is 1.29 bits per heavy atom. The quantitative estimate of drug-likeness (QED) is 0.805. The molecule has 1 aromatic carbocycles. The van der Waals surface area contributed by atoms with Crippen LogP contribution in [0.3, 0.4) is 0 Å². The summed E-state index contributed by atoms with van der Waals surface area (Å²) < 4.78 is 0. The standard InChI is InChI=1S/C16H21Cl2N3O2.ClH/c1-21(16(23)12-4-2-3-10(12)8-19)9-15(22)20-11-5-6-13(17)14(18)7-11;/h5-7,10,12H,2-4,8-9,19H2,1H3,(H,20,22);1H/t10-,12-;/m1./s1. The number of anilines is 1. The van der Waals surface area contributed by atoms with Crippen molar-refractivity contribution in [1.29, 1.82) is 0 Å². The van der Waals surface area contributed by atoms with Crippen LogP contribution in [-0.2, 0) is 9.59 Å². The molecule has 134 valence electrons. The second-order valence-electron chi connectivity index (χ2n) is 5.90. The van der Waals surface area contributed by atoms with Gasteiger partial charge in [0.05, 0.1) is 16.6 Å². The SMILES string of the molecule is CN(CC(=O)Nc1ccc(Cl)c(Cl)c1)C(=O)[C@@H]1CCC[C@@H]1CN.Cl. The average Bonchev–Trinajstić information content (AvgIpc) is 2.98. The number of amides is 2. The van der Waals surface area contributed by atoms with Gasteiger partial charge in [-0.2, -0.15) is 0 Å². The van der Waals surface area contributed by atoms with Gasteiger partial charge in [0.2, 0.25) is 11.8 Å². The number of carbonyl (C=O) groups excluding carboxylic acids is 2. The van der Waals surface area contributed by atoms with Crippen LogP contribution in [0.15, 0.2) is 18.2 Å². The van der Waals surface area contributed by atoms with Gasteiger partial charge < -0.3 is 16.0 Å². The second kappa shape index (κ2) is 9.47. The highest BCUT2D eigenvalue weighted by atomic mass is 35.5. The lowest BCUT2D eigenvalue weighted by atomic mass is 9.95. The summed E-state index contributed by atoms with van der Waals surface area (Å²) >= 11 is 11.7. The molecule has 1 saturated carbocycles. The van der Waals surface area contributed by atoms with Gasteiger partial charge in [-0.1, -0.05) is 29.6 Å². The fraction of sp³-hybridized carbons (Fsp3) is 0.500. The van der Waals surface area contributed by atoms with Crippen LogP contribution in [0.25, 0.3) is 0 Å². The van der Waals surface area contributed by atoms with E-state index in [1.54, 1.807) is 25.2 Å². The van der Waals surface area contributed by atoms with Crippen molar-refractivity contribution in [3.8, 4) is 0 Å². The molecule has 0 saturated heterocycles. The largest absolute Gasteiger partial charge is 0.336 e. The van der Waals surface area contributed by atoms with E-state index in [-0.39, 0.29) is 42.6 Å². The summed E-state index contributed by atoms with van der Waals surface area (Å²) in [5.41, 5.74) is 6.27. The van der Waals surface area contributed by atoms with Crippen molar-refractivity contribution in [2.45, 2.75) is 19.3 Å². The molecule has 0 radical (unpaired) electrons. The Morgan fingerprint density at radius 3 is 2.62 bits per heavy atom. The molecule has 1 aliphatic carbocycles. The highest BCUT2D eigenvalue weighted by molar-refractivity contribution is 6.42. The molecular formula is C16H22Cl3N3O2. The van der Waals surface area contributed by atoms with Crippen LogP contribution in [0, 0.1) is 11.8 Å². The van der Waals surface area contributed by atoms with Crippen LogP contribution in [0.4, 0.5) is 5.69 Å². The number of hydrogen-bond donors (Lipinski definition) is 2. The Hall–Kier alpha value is -1.01. The molecule has 5 nitrogen and oxygen atoms in total. The molecule has 2 rings (SSSR count). The fourth-order valence-corrected chi connectivity index (χ4v) is 3.29. The molecule has 2 amide bonds. The highest BCUT2D eigenvalue weighted by Crippen LogP contribution is 2.32. The van der Waals surface area contributed by atoms with Crippen molar-refractivity contribution in [1.82, 2.24) is 4.90 Å². The predicted molar refractivity (Wildman–Crippen MR) is 99.9 cm³/mol. The van der Waals surface area contributed by atoms with Gasteiger partial charge >= 0.3 is 0 Å². The maximum Gasteiger partial charge on any atom is 0.243 e. The topological polar surface area (TPSA) is 75.4 Å². The molecule has 1 aromatic rings. The number of nitrogens with zero attached hydrogens (tertiary/aromatic N) is 1. The molecule has 0 spiro atoms. The van der Waals surface area contributed by atoms with Gasteiger partial charge in [0.1, 0.15) is 0 Å². The van der Waals surface area contributed by atoms with Crippen molar-refractivity contribution in [3.63, 3.8) is 0 Å². The third-order valence-corrected chi connectivity index (χ3v) is 4.98. The van der Waals surface area contributed by atoms with Crippen molar-refractivity contribution < 1.29 is 9.59 Å². The minimum absolute atomic E-state index is 0. The third kappa shape index (κ3) is 5.24. The van der Waals surface area contributed by atoms with E-state index in [4.69, 9.17) is 28.9 Å². The lowest BCUT2D eigenvalue weighted by molar-refractivity contribution is -0.137. The zero-order valence-electron chi connectivity index (χ0n) is 13.4. The predicted octanol–water partition coefficient (Wildman–Crippen LogP) is 3.19. The Bertz CT molecular complexity index is 598. The van der Waals surface area contributed by atoms with Gasteiger partial charge in [0, 0.05) is 18.7 Å². The smallest absolute Gasteiger partial charge is 0.243 e. The van der Waals surface area contributed by atoms with Gasteiger partial charge in [-0.05, 0) is 43.5 Å². The number of benzene rings is 1. The average molecular weight is 395 g/mol. The van der Waals surface area contributed by atoms with E-state index in [2.05, 4.69) is 5.32 Å². The Balaban J connectivity index is 0.00000288. The van der Waals surface area contributed by atoms with Gasteiger partial charge in [-0.3, -0.25) is 9.59 Å². The number of likely N-dealkylation sites (N-methyl/N-ethyl adjacent to an activating group) is 1. The first kappa shape index (κ1) is 21.0. The molecule has 0 aliphatic heterocycles. The minimum Gasteiger partial charge on any atom is -0.336 e. The van der Waals surface area contributed by atoms with E-state index in [0.29, 0.717) is 22.3 Å². The number of nitrogens with one attached hydrogen (secondary N) is 1. The van der Waals surface area contributed by atoms with Gasteiger partial charge in [0.15, 0.2) is 0 Å². The number of carbonyl (C=O) groups is 2. The van der Waals surface area contributed by atoms with Crippen molar-refractivity contribution >= 4 is 53.1 Å². The molecule has 8 heteroatoms. The van der Waals surface area contributed by atoms with Crippen LogP contribution in [-0.4, -0.2) is 36.9 Å². The van der Waals surface area contributed by atoms with Crippen molar-refractivity contribution in [3.05, 3.63) is 28.2 Å². The van der Waals surface area contributed by atoms with Crippen molar-refractivity contribution in [2.24, 2.45) is 17.6 Å². The monoisotopic (exact) mass is 393 g/mol. The number of hydrogen-bond acceptors (Lipinski definition) is 3. The van der Waals surface area contributed by atoms with Crippen LogP contribution >= 0.6 is 35.6 Å². The van der Waals surface area contributed by atoms with Crippen LogP contribution in [0.2, 0.25) is 10.0 Å². The summed E-state index contributed by atoms with van der Waals surface area (Å²) in [6.45, 7) is 0.507. The molecule has 0 aromatic heterocycles. The first-order chi connectivity index (χ1) is 10.9. The molecule has 3 N–H and O–H groups in total. The highest BCUT2D eigenvalue weighted by Gasteiger charge is 2.34. The zero-order chi connectivity index (χ0) is 17.0. The summed E-state index contributed by atoms with van der Waals surface area (Å²) in [6, 6.07) is 4.85. The van der Waals surface area contributed by atoms with E-state index in [1.165, 1.54) is 4.90 Å². The molecule has 1 aliphatic rings. The Morgan fingerprint density at radius 2 is 2.00 bits per heavy atom. The summed E-state index contributed by atoms with van der Waals surface area (Å²) in [6.07, 6.45) is 2.84. The second-order valence-corrected chi connectivity index (χ2v) is 6.72. The van der Waals surface area contributed by atoms with Crippen molar-refractivity contribution in [2.75, 3.05) is 25.5 Å². The van der Waals surface area contributed by atoms with Crippen LogP contribution in [0.1, 0.15) is 19.3 Å². The molecule has 2 atom stereocenters. The summed E-state index contributed by atoms with van der Waals surface area (Å²) in [4.78, 5) is 26.0. The van der Waals surface area contributed by atoms with Gasteiger partial charge in [0.25, 0.3) is 0 Å². The third-order valence-electron chi connectivity index (χ3n) is 4.24. The lowest BCUT2D eigenvalue weighted by Crippen LogP contribution is -2.40. The number of halogens is 3. The van der Waals surface area contributed by atoms with E-state index < -0.39 is 0 Å². The number of nitrogens with two attached hydrogens (primary N) is 1. The van der Waals surface area contributed by atoms with E-state index in [9.17, 15) is 9.59 Å². The van der Waals surface area contributed by atoms with E-state index in [0.717, 1.165) is 19.3 Å². The molecule has 24 heavy (non-hydrogen) atoms. The minimum atomic E-state index is -0.276.